The van der Waals surface area contributed by atoms with Crippen LogP contribution in [0.5, 0.6) is 0 Å². The summed E-state index contributed by atoms with van der Waals surface area (Å²) in [5.41, 5.74) is 0. The third kappa shape index (κ3) is 4.42. The molecular formula is C25H40N2O5S. The molecule has 1 aliphatic carbocycles. The number of hydrogen-bond acceptors (Lipinski definition) is 6. The number of hydrogen-bond donors (Lipinski definition) is 2. The standard InChI is InChI=1S/C25H40N2O5S/c1-3-32-24(31)19-18-15-16(2)25(33-18)20(19)23(30)27(13-9-4-5-10-14-28)21(25)22(29)26-17-11-7-6-8-12-17/h16-21,28H,3-15H2,1-2H3,(H,26,29)/t16?,18-,19+,20+,21?,25?/m1/s1. The lowest BCUT2D eigenvalue weighted by molar-refractivity contribution is -0.154. The van der Waals surface area contributed by atoms with E-state index in [1.807, 2.05) is 0 Å². The minimum atomic E-state index is -0.553. The smallest absolute Gasteiger partial charge is 0.310 e. The molecule has 4 rings (SSSR count). The number of esters is 1. The van der Waals surface area contributed by atoms with E-state index < -0.39 is 22.6 Å². The van der Waals surface area contributed by atoms with Gasteiger partial charge >= 0.3 is 5.97 Å². The van der Waals surface area contributed by atoms with Crippen molar-refractivity contribution in [3.63, 3.8) is 0 Å². The van der Waals surface area contributed by atoms with Crippen LogP contribution in [0.25, 0.3) is 0 Å². The van der Waals surface area contributed by atoms with E-state index in [1.54, 1.807) is 23.6 Å². The number of ether oxygens (including phenoxy) is 1. The molecule has 2 N–H and O–H groups in total. The fourth-order valence-corrected chi connectivity index (χ4v) is 9.25. The maximum Gasteiger partial charge on any atom is 0.310 e. The minimum Gasteiger partial charge on any atom is -0.466 e. The molecule has 4 aliphatic rings. The Morgan fingerprint density at radius 3 is 2.61 bits per heavy atom. The molecule has 186 valence electrons. The summed E-state index contributed by atoms with van der Waals surface area (Å²) in [5.74, 6) is -1.09. The molecule has 33 heavy (non-hydrogen) atoms. The molecule has 0 aromatic rings. The highest BCUT2D eigenvalue weighted by molar-refractivity contribution is 8.02. The van der Waals surface area contributed by atoms with Crippen molar-refractivity contribution >= 4 is 29.5 Å². The van der Waals surface area contributed by atoms with Crippen LogP contribution in [-0.4, -0.2) is 69.6 Å². The van der Waals surface area contributed by atoms with Gasteiger partial charge in [0.05, 0.1) is 23.2 Å². The van der Waals surface area contributed by atoms with Gasteiger partial charge in [0.15, 0.2) is 0 Å². The first-order chi connectivity index (χ1) is 16.0. The van der Waals surface area contributed by atoms with Gasteiger partial charge in [0.1, 0.15) is 6.04 Å². The molecule has 1 spiro atoms. The molecule has 7 nitrogen and oxygen atoms in total. The van der Waals surface area contributed by atoms with Crippen LogP contribution in [0.4, 0.5) is 0 Å². The first-order valence-corrected chi connectivity index (χ1v) is 13.9. The zero-order chi connectivity index (χ0) is 23.6. The number of unbranched alkanes of at least 4 members (excludes halogenated alkanes) is 3. The Morgan fingerprint density at radius 2 is 1.91 bits per heavy atom. The number of carbonyl (C=O) groups is 3. The van der Waals surface area contributed by atoms with Crippen molar-refractivity contribution < 1.29 is 24.2 Å². The van der Waals surface area contributed by atoms with Crippen molar-refractivity contribution in [2.45, 2.75) is 100 Å². The van der Waals surface area contributed by atoms with Crippen molar-refractivity contribution in [2.75, 3.05) is 19.8 Å². The lowest BCUT2D eigenvalue weighted by Gasteiger charge is -2.39. The number of nitrogens with zero attached hydrogens (tertiary/aromatic N) is 1. The Hall–Kier alpha value is -1.28. The van der Waals surface area contributed by atoms with Crippen LogP contribution in [0.15, 0.2) is 0 Å². The minimum absolute atomic E-state index is 0.0300. The highest BCUT2D eigenvalue weighted by atomic mass is 32.2. The van der Waals surface area contributed by atoms with E-state index in [0.717, 1.165) is 57.8 Å². The summed E-state index contributed by atoms with van der Waals surface area (Å²) in [7, 11) is 0. The fraction of sp³-hybridized carbons (Fsp3) is 0.880. The quantitative estimate of drug-likeness (QED) is 0.369. The zero-order valence-electron chi connectivity index (χ0n) is 20.1. The van der Waals surface area contributed by atoms with Crippen LogP contribution in [0.2, 0.25) is 0 Å². The van der Waals surface area contributed by atoms with E-state index in [-0.39, 0.29) is 41.6 Å². The molecule has 4 fully saturated rings. The number of aliphatic hydroxyl groups excluding tert-OH is 1. The number of rotatable bonds is 10. The van der Waals surface area contributed by atoms with Gasteiger partial charge in [-0.15, -0.1) is 11.8 Å². The summed E-state index contributed by atoms with van der Waals surface area (Å²) in [6, 6.07) is -0.345. The summed E-state index contributed by atoms with van der Waals surface area (Å²) in [4.78, 5) is 42.4. The molecule has 1 saturated carbocycles. The molecule has 0 aromatic carbocycles. The number of carbonyl (C=O) groups excluding carboxylic acids is 3. The van der Waals surface area contributed by atoms with Crippen molar-refractivity contribution in [1.82, 2.24) is 10.2 Å². The van der Waals surface area contributed by atoms with Crippen molar-refractivity contribution in [3.05, 3.63) is 0 Å². The normalized spacial score (nSPS) is 35.7. The highest BCUT2D eigenvalue weighted by Crippen LogP contribution is 2.68. The molecule has 6 atom stereocenters. The van der Waals surface area contributed by atoms with Gasteiger partial charge in [-0.25, -0.2) is 0 Å². The topological polar surface area (TPSA) is 95.9 Å². The molecule has 3 unspecified atom stereocenters. The Labute approximate surface area is 201 Å². The summed E-state index contributed by atoms with van der Waals surface area (Å²) in [6.07, 6.45) is 9.70. The van der Waals surface area contributed by atoms with Crippen LogP contribution in [0.3, 0.4) is 0 Å². The molecule has 2 bridgehead atoms. The van der Waals surface area contributed by atoms with E-state index in [2.05, 4.69) is 12.2 Å². The number of thioether (sulfide) groups is 1. The zero-order valence-corrected chi connectivity index (χ0v) is 20.9. The highest BCUT2D eigenvalue weighted by Gasteiger charge is 2.76. The third-order valence-corrected chi connectivity index (χ3v) is 10.4. The lowest BCUT2D eigenvalue weighted by atomic mass is 9.66. The average molecular weight is 481 g/mol. The summed E-state index contributed by atoms with van der Waals surface area (Å²) in [5, 5.41) is 12.4. The Bertz CT molecular complexity index is 742. The number of fused-ring (bicyclic) bond motifs is 1. The number of likely N-dealkylation sites (tertiary alicyclic amines) is 1. The molecule has 3 saturated heterocycles. The largest absolute Gasteiger partial charge is 0.466 e. The molecule has 8 heteroatoms. The maximum atomic E-state index is 13.8. The maximum absolute atomic E-state index is 13.8. The Balaban J connectivity index is 1.60. The summed E-state index contributed by atoms with van der Waals surface area (Å²) in [6.45, 7) is 4.96. The van der Waals surface area contributed by atoms with Gasteiger partial charge in [-0.2, -0.15) is 0 Å². The second kappa shape index (κ2) is 10.5. The van der Waals surface area contributed by atoms with Crippen molar-refractivity contribution in [2.24, 2.45) is 17.8 Å². The SMILES string of the molecule is CCOC(=O)[C@@H]1[C@H]2C(=O)N(CCCCCCO)C(C(=O)NC3CCCCC3)C23S[C@@H]1CC3C. The lowest BCUT2D eigenvalue weighted by Crippen LogP contribution is -2.57. The van der Waals surface area contributed by atoms with Crippen LogP contribution >= 0.6 is 11.8 Å². The average Bonchev–Trinajstić information content (AvgIpc) is 3.38. The van der Waals surface area contributed by atoms with Crippen LogP contribution in [-0.2, 0) is 19.1 Å². The second-order valence-corrected chi connectivity index (χ2v) is 11.9. The Morgan fingerprint density at radius 1 is 1.18 bits per heavy atom. The fourth-order valence-electron chi connectivity index (χ4n) is 6.84. The van der Waals surface area contributed by atoms with E-state index in [9.17, 15) is 14.4 Å². The number of nitrogens with one attached hydrogen (secondary N) is 1. The molecule has 3 aliphatic heterocycles. The molecule has 0 radical (unpaired) electrons. The molecule has 2 amide bonds. The van der Waals surface area contributed by atoms with Crippen molar-refractivity contribution in [3.8, 4) is 0 Å². The summed E-state index contributed by atoms with van der Waals surface area (Å²) < 4.78 is 4.84. The first-order valence-electron chi connectivity index (χ1n) is 13.0. The Kier molecular flexibility index (Phi) is 7.94. The molecule has 0 aromatic heterocycles. The van der Waals surface area contributed by atoms with Gasteiger partial charge in [-0.05, 0) is 44.9 Å². The number of amides is 2. The van der Waals surface area contributed by atoms with Gasteiger partial charge in [0, 0.05) is 24.4 Å². The van der Waals surface area contributed by atoms with E-state index in [0.29, 0.717) is 13.2 Å². The predicted molar refractivity (Wildman–Crippen MR) is 128 cm³/mol. The number of aliphatic hydroxyl groups is 1. The van der Waals surface area contributed by atoms with Gasteiger partial charge in [-0.1, -0.05) is 39.0 Å². The van der Waals surface area contributed by atoms with Gasteiger partial charge < -0.3 is 20.1 Å². The predicted octanol–water partition coefficient (Wildman–Crippen LogP) is 2.89. The van der Waals surface area contributed by atoms with Gasteiger partial charge in [0.2, 0.25) is 11.8 Å². The van der Waals surface area contributed by atoms with Crippen LogP contribution in [0, 0.1) is 17.8 Å². The first kappa shape index (κ1) is 24.8. The van der Waals surface area contributed by atoms with E-state index in [4.69, 9.17) is 9.84 Å². The van der Waals surface area contributed by atoms with Gasteiger partial charge in [0.25, 0.3) is 0 Å². The van der Waals surface area contributed by atoms with Crippen LogP contribution < -0.4 is 5.32 Å². The monoisotopic (exact) mass is 480 g/mol. The molecular weight excluding hydrogens is 440 g/mol. The summed E-state index contributed by atoms with van der Waals surface area (Å²) >= 11 is 1.72. The van der Waals surface area contributed by atoms with Gasteiger partial charge in [-0.3, -0.25) is 14.4 Å². The van der Waals surface area contributed by atoms with E-state index >= 15 is 0 Å². The van der Waals surface area contributed by atoms with Crippen molar-refractivity contribution in [1.29, 1.82) is 0 Å². The second-order valence-electron chi connectivity index (χ2n) is 10.3. The van der Waals surface area contributed by atoms with E-state index in [1.165, 1.54) is 6.42 Å². The molecule has 3 heterocycles. The van der Waals surface area contributed by atoms with Crippen LogP contribution in [0.1, 0.15) is 78.1 Å². The third-order valence-electron chi connectivity index (χ3n) is 8.31.